The molecule has 0 spiro atoms. The second-order valence-electron chi connectivity index (χ2n) is 3.40. The summed E-state index contributed by atoms with van der Waals surface area (Å²) >= 11 is 0. The number of benzene rings is 1. The van der Waals surface area contributed by atoms with Crippen molar-refractivity contribution >= 4 is 5.69 Å². The van der Waals surface area contributed by atoms with Gasteiger partial charge in [-0.3, -0.25) is 0 Å². The minimum atomic E-state index is 0.984. The Kier molecular flexibility index (Phi) is 6.91. The van der Waals surface area contributed by atoms with Crippen molar-refractivity contribution in [1.29, 1.82) is 0 Å². The van der Waals surface area contributed by atoms with Crippen LogP contribution in [0.3, 0.4) is 0 Å². The molecular formula is C13H23N. The third-order valence-corrected chi connectivity index (χ3v) is 2.05. The number of para-hydroxylation sites is 1. The molecule has 0 aliphatic rings. The third-order valence-electron chi connectivity index (χ3n) is 2.05. The Balaban J connectivity index is 0.000000500. The zero-order valence-corrected chi connectivity index (χ0v) is 9.93. The molecule has 0 aliphatic heterocycles. The molecule has 0 amide bonds. The van der Waals surface area contributed by atoms with Crippen LogP contribution in [0.4, 0.5) is 5.69 Å². The van der Waals surface area contributed by atoms with E-state index in [1.165, 1.54) is 17.5 Å². The summed E-state index contributed by atoms with van der Waals surface area (Å²) < 4.78 is 0. The van der Waals surface area contributed by atoms with Crippen LogP contribution in [0.25, 0.3) is 0 Å². The summed E-state index contributed by atoms with van der Waals surface area (Å²) in [4.78, 5) is 0. The van der Waals surface area contributed by atoms with Crippen molar-refractivity contribution in [3.8, 4) is 0 Å². The highest BCUT2D eigenvalue weighted by atomic mass is 14.6. The van der Waals surface area contributed by atoms with Gasteiger partial charge in [-0.25, -0.2) is 0 Å². The van der Waals surface area contributed by atoms with Crippen LogP contribution in [-0.4, -0.2) is 0 Å². The zero-order chi connectivity index (χ0) is 11.0. The Morgan fingerprint density at radius 2 is 1.29 bits per heavy atom. The molecule has 1 rings (SSSR count). The smallest absolute Gasteiger partial charge is 0.0378 e. The molecule has 0 aliphatic carbocycles. The van der Waals surface area contributed by atoms with Crippen molar-refractivity contribution in [2.45, 2.75) is 47.0 Å². The van der Waals surface area contributed by atoms with Crippen molar-refractivity contribution < 1.29 is 0 Å². The maximum atomic E-state index is 5.90. The Morgan fingerprint density at radius 1 is 0.929 bits per heavy atom. The van der Waals surface area contributed by atoms with E-state index in [9.17, 15) is 0 Å². The molecule has 0 bridgehead atoms. The van der Waals surface area contributed by atoms with Crippen LogP contribution in [0.15, 0.2) is 18.2 Å². The normalized spacial score (nSPS) is 9.14. The van der Waals surface area contributed by atoms with E-state index in [0.29, 0.717) is 0 Å². The molecule has 0 aromatic heterocycles. The lowest BCUT2D eigenvalue weighted by Gasteiger charge is -2.06. The Bertz CT molecular complexity index is 231. The molecule has 1 aromatic carbocycles. The zero-order valence-electron chi connectivity index (χ0n) is 9.93. The minimum absolute atomic E-state index is 0.984. The first-order valence-electron chi connectivity index (χ1n) is 5.57. The predicted molar refractivity (Wildman–Crippen MR) is 65.6 cm³/mol. The SMILES string of the molecule is CCC.CCc1cccc(CC)c1N. The van der Waals surface area contributed by atoms with Gasteiger partial charge in [0.05, 0.1) is 0 Å². The number of anilines is 1. The largest absolute Gasteiger partial charge is 0.398 e. The van der Waals surface area contributed by atoms with Gasteiger partial charge in [-0.05, 0) is 24.0 Å². The molecule has 0 fully saturated rings. The maximum Gasteiger partial charge on any atom is 0.0378 e. The second-order valence-corrected chi connectivity index (χ2v) is 3.40. The number of hydrogen-bond acceptors (Lipinski definition) is 1. The molecule has 0 saturated heterocycles. The van der Waals surface area contributed by atoms with Crippen molar-refractivity contribution in [1.82, 2.24) is 0 Å². The highest BCUT2D eigenvalue weighted by molar-refractivity contribution is 5.53. The first kappa shape index (κ1) is 13.0. The Labute approximate surface area is 88.3 Å². The fourth-order valence-electron chi connectivity index (χ4n) is 1.28. The van der Waals surface area contributed by atoms with Gasteiger partial charge in [0.15, 0.2) is 0 Å². The van der Waals surface area contributed by atoms with E-state index >= 15 is 0 Å². The van der Waals surface area contributed by atoms with Gasteiger partial charge in [0, 0.05) is 5.69 Å². The van der Waals surface area contributed by atoms with Gasteiger partial charge in [-0.15, -0.1) is 0 Å². The van der Waals surface area contributed by atoms with E-state index in [4.69, 9.17) is 5.73 Å². The molecule has 1 heteroatoms. The molecule has 0 heterocycles. The Morgan fingerprint density at radius 3 is 1.57 bits per heavy atom. The molecule has 14 heavy (non-hydrogen) atoms. The van der Waals surface area contributed by atoms with Crippen molar-refractivity contribution in [3.05, 3.63) is 29.3 Å². The molecule has 0 unspecified atom stereocenters. The number of hydrogen-bond donors (Lipinski definition) is 1. The Hall–Kier alpha value is -0.980. The standard InChI is InChI=1S/C10H15N.C3H8/c1-3-8-6-5-7-9(4-2)10(8)11;1-3-2/h5-7H,3-4,11H2,1-2H3;3H2,1-2H3. The fourth-order valence-corrected chi connectivity index (χ4v) is 1.28. The lowest BCUT2D eigenvalue weighted by atomic mass is 10.0. The topological polar surface area (TPSA) is 26.0 Å². The van der Waals surface area contributed by atoms with Gasteiger partial charge in [0.1, 0.15) is 0 Å². The molecule has 2 N–H and O–H groups in total. The summed E-state index contributed by atoms with van der Waals surface area (Å²) in [6.07, 6.45) is 3.30. The van der Waals surface area contributed by atoms with E-state index in [0.717, 1.165) is 18.5 Å². The van der Waals surface area contributed by atoms with E-state index in [1.54, 1.807) is 0 Å². The summed E-state index contributed by atoms with van der Waals surface area (Å²) in [5, 5.41) is 0. The quantitative estimate of drug-likeness (QED) is 0.710. The molecule has 80 valence electrons. The third kappa shape index (κ3) is 3.82. The highest BCUT2D eigenvalue weighted by Crippen LogP contribution is 2.17. The van der Waals surface area contributed by atoms with Gasteiger partial charge < -0.3 is 5.73 Å². The van der Waals surface area contributed by atoms with Crippen molar-refractivity contribution in [2.24, 2.45) is 0 Å². The molecule has 0 radical (unpaired) electrons. The predicted octanol–water partition coefficient (Wildman–Crippen LogP) is 3.81. The molecule has 1 nitrogen and oxygen atoms in total. The summed E-state index contributed by atoms with van der Waals surface area (Å²) in [7, 11) is 0. The van der Waals surface area contributed by atoms with Gasteiger partial charge in [-0.1, -0.05) is 52.3 Å². The first-order chi connectivity index (χ1) is 6.71. The van der Waals surface area contributed by atoms with Gasteiger partial charge in [0.25, 0.3) is 0 Å². The number of nitrogen functional groups attached to an aromatic ring is 1. The van der Waals surface area contributed by atoms with Crippen LogP contribution in [0.1, 0.15) is 45.2 Å². The van der Waals surface area contributed by atoms with E-state index in [1.807, 2.05) is 0 Å². The average molecular weight is 193 g/mol. The molecule has 0 atom stereocenters. The maximum absolute atomic E-state index is 5.90. The van der Waals surface area contributed by atoms with E-state index in [2.05, 4.69) is 45.9 Å². The lowest BCUT2D eigenvalue weighted by Crippen LogP contribution is -1.97. The molecular weight excluding hydrogens is 170 g/mol. The fraction of sp³-hybridized carbons (Fsp3) is 0.538. The first-order valence-corrected chi connectivity index (χ1v) is 5.57. The van der Waals surface area contributed by atoms with E-state index < -0.39 is 0 Å². The van der Waals surface area contributed by atoms with Gasteiger partial charge >= 0.3 is 0 Å². The van der Waals surface area contributed by atoms with Crippen LogP contribution in [0, 0.1) is 0 Å². The minimum Gasteiger partial charge on any atom is -0.398 e. The van der Waals surface area contributed by atoms with E-state index in [-0.39, 0.29) is 0 Å². The summed E-state index contributed by atoms with van der Waals surface area (Å²) in [5.74, 6) is 0. The van der Waals surface area contributed by atoms with Crippen LogP contribution in [-0.2, 0) is 12.8 Å². The van der Waals surface area contributed by atoms with Gasteiger partial charge in [0.2, 0.25) is 0 Å². The van der Waals surface area contributed by atoms with Crippen LogP contribution in [0.2, 0.25) is 0 Å². The number of aryl methyl sites for hydroxylation is 2. The van der Waals surface area contributed by atoms with Crippen molar-refractivity contribution in [3.63, 3.8) is 0 Å². The second kappa shape index (κ2) is 7.43. The van der Waals surface area contributed by atoms with Crippen LogP contribution >= 0.6 is 0 Å². The molecule has 0 saturated carbocycles. The highest BCUT2D eigenvalue weighted by Gasteiger charge is 1.99. The summed E-state index contributed by atoms with van der Waals surface area (Å²) in [6.45, 7) is 8.51. The van der Waals surface area contributed by atoms with Gasteiger partial charge in [-0.2, -0.15) is 0 Å². The van der Waals surface area contributed by atoms with Crippen molar-refractivity contribution in [2.75, 3.05) is 5.73 Å². The van der Waals surface area contributed by atoms with Crippen LogP contribution < -0.4 is 5.73 Å². The average Bonchev–Trinajstić information content (AvgIpc) is 2.19. The number of nitrogens with two attached hydrogens (primary N) is 1. The summed E-state index contributed by atoms with van der Waals surface area (Å²) in [6, 6.07) is 6.26. The molecule has 1 aromatic rings. The summed E-state index contributed by atoms with van der Waals surface area (Å²) in [5.41, 5.74) is 9.42. The monoisotopic (exact) mass is 193 g/mol. The van der Waals surface area contributed by atoms with Crippen LogP contribution in [0.5, 0.6) is 0 Å². The number of rotatable bonds is 2. The lowest BCUT2D eigenvalue weighted by molar-refractivity contribution is 1.09.